The van der Waals surface area contributed by atoms with Crippen LogP contribution in [0.4, 0.5) is 5.69 Å². The SMILES string of the molecule is N#CNC(=O)c1ccnc(Cl)c1[N+](=O)[O-]. The summed E-state index contributed by atoms with van der Waals surface area (Å²) in [7, 11) is 0. The van der Waals surface area contributed by atoms with Crippen LogP contribution in [-0.2, 0) is 0 Å². The van der Waals surface area contributed by atoms with Gasteiger partial charge >= 0.3 is 5.69 Å². The number of nitrogens with zero attached hydrogens (tertiary/aromatic N) is 3. The Bertz CT molecular complexity index is 468. The number of pyridine rings is 1. The summed E-state index contributed by atoms with van der Waals surface area (Å²) in [5.74, 6) is -0.895. The number of halogens is 1. The number of nitriles is 1. The van der Waals surface area contributed by atoms with Crippen LogP contribution in [0.3, 0.4) is 0 Å². The molecule has 15 heavy (non-hydrogen) atoms. The van der Waals surface area contributed by atoms with Crippen molar-refractivity contribution in [1.82, 2.24) is 10.3 Å². The predicted molar refractivity (Wildman–Crippen MR) is 49.0 cm³/mol. The van der Waals surface area contributed by atoms with Crippen LogP contribution in [-0.4, -0.2) is 15.8 Å². The molecule has 0 aliphatic carbocycles. The second-order valence-corrected chi connectivity index (χ2v) is 2.68. The van der Waals surface area contributed by atoms with Crippen molar-refractivity contribution in [2.24, 2.45) is 0 Å². The lowest BCUT2D eigenvalue weighted by Gasteiger charge is -2.00. The van der Waals surface area contributed by atoms with Crippen LogP contribution in [0.15, 0.2) is 12.3 Å². The number of nitrogens with one attached hydrogen (secondary N) is 1. The first kappa shape index (κ1) is 10.9. The maximum absolute atomic E-state index is 11.2. The summed E-state index contributed by atoms with van der Waals surface area (Å²) in [6, 6.07) is 1.11. The van der Waals surface area contributed by atoms with Crippen molar-refractivity contribution in [2.45, 2.75) is 0 Å². The molecule has 0 aromatic carbocycles. The molecule has 1 amide bonds. The van der Waals surface area contributed by atoms with E-state index in [0.29, 0.717) is 0 Å². The zero-order valence-corrected chi connectivity index (χ0v) is 7.85. The Morgan fingerprint density at radius 2 is 2.40 bits per heavy atom. The second kappa shape index (κ2) is 4.34. The Hall–Kier alpha value is -2.20. The number of aromatic nitrogens is 1. The lowest BCUT2D eigenvalue weighted by atomic mass is 10.2. The molecule has 0 aliphatic heterocycles. The molecule has 0 bridgehead atoms. The van der Waals surface area contributed by atoms with Gasteiger partial charge in [0.1, 0.15) is 5.56 Å². The molecule has 1 aromatic rings. The molecule has 0 radical (unpaired) electrons. The minimum atomic E-state index is -0.895. The first-order chi connectivity index (χ1) is 7.07. The van der Waals surface area contributed by atoms with E-state index in [1.807, 2.05) is 0 Å². The van der Waals surface area contributed by atoms with E-state index < -0.39 is 21.7 Å². The maximum atomic E-state index is 11.2. The lowest BCUT2D eigenvalue weighted by molar-refractivity contribution is -0.385. The third-order valence-electron chi connectivity index (χ3n) is 1.48. The van der Waals surface area contributed by atoms with Crippen LogP contribution in [0.2, 0.25) is 5.15 Å². The van der Waals surface area contributed by atoms with Gasteiger partial charge < -0.3 is 0 Å². The van der Waals surface area contributed by atoms with E-state index in [0.717, 1.165) is 12.3 Å². The monoisotopic (exact) mass is 226 g/mol. The second-order valence-electron chi connectivity index (χ2n) is 2.32. The fourth-order valence-electron chi connectivity index (χ4n) is 0.903. The van der Waals surface area contributed by atoms with Gasteiger partial charge in [-0.1, -0.05) is 11.6 Å². The van der Waals surface area contributed by atoms with E-state index in [9.17, 15) is 14.9 Å². The van der Waals surface area contributed by atoms with Gasteiger partial charge in [0, 0.05) is 6.20 Å². The summed E-state index contributed by atoms with van der Waals surface area (Å²) in [4.78, 5) is 24.4. The molecule has 76 valence electrons. The van der Waals surface area contributed by atoms with Crippen molar-refractivity contribution < 1.29 is 9.72 Å². The van der Waals surface area contributed by atoms with Crippen LogP contribution < -0.4 is 5.32 Å². The zero-order valence-electron chi connectivity index (χ0n) is 7.10. The molecule has 1 rings (SSSR count). The van der Waals surface area contributed by atoms with Crippen molar-refractivity contribution >= 4 is 23.2 Å². The van der Waals surface area contributed by atoms with Crippen LogP contribution >= 0.6 is 11.6 Å². The van der Waals surface area contributed by atoms with Gasteiger partial charge in [-0.2, -0.15) is 5.26 Å². The van der Waals surface area contributed by atoms with Gasteiger partial charge in [0.15, 0.2) is 6.19 Å². The van der Waals surface area contributed by atoms with Gasteiger partial charge in [-0.3, -0.25) is 20.2 Å². The molecule has 0 saturated heterocycles. The fraction of sp³-hybridized carbons (Fsp3) is 0. The molecule has 0 fully saturated rings. The largest absolute Gasteiger partial charge is 0.319 e. The summed E-state index contributed by atoms with van der Waals surface area (Å²) < 4.78 is 0. The normalized spacial score (nSPS) is 9.07. The number of carbonyl (C=O) groups excluding carboxylic acids is 1. The highest BCUT2D eigenvalue weighted by Crippen LogP contribution is 2.25. The van der Waals surface area contributed by atoms with Gasteiger partial charge in [-0.15, -0.1) is 0 Å². The van der Waals surface area contributed by atoms with Gasteiger partial charge in [0.2, 0.25) is 5.15 Å². The smallest absolute Gasteiger partial charge is 0.268 e. The summed E-state index contributed by atoms with van der Waals surface area (Å²) in [5, 5.41) is 20.1. The molecule has 0 aliphatic rings. The van der Waals surface area contributed by atoms with Crippen molar-refractivity contribution in [1.29, 1.82) is 5.26 Å². The number of carbonyl (C=O) groups is 1. The minimum absolute atomic E-state index is 0.304. The number of hydrogen-bond acceptors (Lipinski definition) is 5. The molecule has 0 unspecified atom stereocenters. The van der Waals surface area contributed by atoms with Crippen LogP contribution in [0.25, 0.3) is 0 Å². The maximum Gasteiger partial charge on any atom is 0.319 e. The van der Waals surface area contributed by atoms with Crippen molar-refractivity contribution in [3.05, 3.63) is 33.1 Å². The van der Waals surface area contributed by atoms with E-state index in [1.165, 1.54) is 6.19 Å². The zero-order chi connectivity index (χ0) is 11.4. The van der Waals surface area contributed by atoms with Crippen molar-refractivity contribution in [3.63, 3.8) is 0 Å². The van der Waals surface area contributed by atoms with Crippen molar-refractivity contribution in [2.75, 3.05) is 0 Å². The third-order valence-corrected chi connectivity index (χ3v) is 1.75. The standard InChI is InChI=1S/C7H3ClN4O3/c8-6-5(12(14)15)4(1-2-10-6)7(13)11-3-9/h1-2H,(H,11,13). The summed E-state index contributed by atoms with van der Waals surface area (Å²) in [6.07, 6.45) is 2.51. The van der Waals surface area contributed by atoms with Crippen LogP contribution in [0.5, 0.6) is 0 Å². The van der Waals surface area contributed by atoms with E-state index >= 15 is 0 Å². The van der Waals surface area contributed by atoms with E-state index in [2.05, 4.69) is 4.98 Å². The Morgan fingerprint density at radius 1 is 1.73 bits per heavy atom. The fourth-order valence-corrected chi connectivity index (χ4v) is 1.13. The van der Waals surface area contributed by atoms with E-state index in [-0.39, 0.29) is 5.56 Å². The number of hydrogen-bond donors (Lipinski definition) is 1. The van der Waals surface area contributed by atoms with Gasteiger partial charge in [-0.25, -0.2) is 4.98 Å². The highest BCUT2D eigenvalue weighted by Gasteiger charge is 2.24. The molecule has 1 N–H and O–H groups in total. The quantitative estimate of drug-likeness (QED) is 0.264. The number of nitro groups is 1. The number of amides is 1. The molecule has 1 heterocycles. The summed E-state index contributed by atoms with van der Waals surface area (Å²) in [6.45, 7) is 0. The van der Waals surface area contributed by atoms with E-state index in [1.54, 1.807) is 5.32 Å². The third kappa shape index (κ3) is 2.18. The van der Waals surface area contributed by atoms with Crippen molar-refractivity contribution in [3.8, 4) is 6.19 Å². The van der Waals surface area contributed by atoms with Crippen LogP contribution in [0.1, 0.15) is 10.4 Å². The Morgan fingerprint density at radius 3 is 2.93 bits per heavy atom. The highest BCUT2D eigenvalue weighted by atomic mass is 35.5. The lowest BCUT2D eigenvalue weighted by Crippen LogP contribution is -2.19. The minimum Gasteiger partial charge on any atom is -0.268 e. The molecule has 0 atom stereocenters. The molecule has 0 saturated carbocycles. The molecule has 7 nitrogen and oxygen atoms in total. The summed E-state index contributed by atoms with van der Waals surface area (Å²) in [5.41, 5.74) is -0.923. The molecule has 1 aromatic heterocycles. The molecule has 8 heteroatoms. The van der Waals surface area contributed by atoms with Gasteiger partial charge in [-0.05, 0) is 6.07 Å². The molecule has 0 spiro atoms. The van der Waals surface area contributed by atoms with Crippen LogP contribution in [0, 0.1) is 21.6 Å². The first-order valence-electron chi connectivity index (χ1n) is 3.56. The van der Waals surface area contributed by atoms with E-state index in [4.69, 9.17) is 16.9 Å². The first-order valence-corrected chi connectivity index (χ1v) is 3.94. The van der Waals surface area contributed by atoms with Gasteiger partial charge in [0.25, 0.3) is 5.91 Å². The molecular formula is C7H3ClN4O3. The number of rotatable bonds is 2. The molecular weight excluding hydrogens is 224 g/mol. The Kier molecular flexibility index (Phi) is 3.15. The predicted octanol–water partition coefficient (Wildman–Crippen LogP) is 0.854. The Labute approximate surface area is 88.4 Å². The summed E-state index contributed by atoms with van der Waals surface area (Å²) >= 11 is 5.45. The highest BCUT2D eigenvalue weighted by molar-refractivity contribution is 6.32. The van der Waals surface area contributed by atoms with Gasteiger partial charge in [0.05, 0.1) is 4.92 Å². The average Bonchev–Trinajstić information content (AvgIpc) is 2.17. The topological polar surface area (TPSA) is 109 Å². The average molecular weight is 227 g/mol. The Balaban J connectivity index is 3.30.